The van der Waals surface area contributed by atoms with Crippen LogP contribution in [0.2, 0.25) is 0 Å². The number of carbonyl (C=O) groups is 1. The third-order valence-corrected chi connectivity index (χ3v) is 6.03. The molecule has 0 aliphatic carbocycles. The summed E-state index contributed by atoms with van der Waals surface area (Å²) in [5.74, 6) is 0.913. The normalized spacial score (nSPS) is 12.9. The molecule has 0 saturated carbocycles. The highest BCUT2D eigenvalue weighted by atomic mass is 16.1. The van der Waals surface area contributed by atoms with Gasteiger partial charge in [0.25, 0.3) is 0 Å². The van der Waals surface area contributed by atoms with E-state index >= 15 is 0 Å². The molecule has 6 nitrogen and oxygen atoms in total. The quantitative estimate of drug-likeness (QED) is 0.326. The molecule has 1 atom stereocenters. The third kappa shape index (κ3) is 6.21. The van der Waals surface area contributed by atoms with Crippen LogP contribution in [0.1, 0.15) is 91.7 Å². The molecule has 1 aromatic carbocycles. The fourth-order valence-electron chi connectivity index (χ4n) is 3.90. The number of nitrogens with one attached hydrogen (secondary N) is 2. The summed E-state index contributed by atoms with van der Waals surface area (Å²) in [7, 11) is 0. The predicted octanol–water partition coefficient (Wildman–Crippen LogP) is 6.74. The van der Waals surface area contributed by atoms with E-state index < -0.39 is 0 Å². The number of benzene rings is 1. The zero-order valence-electron chi connectivity index (χ0n) is 20.4. The van der Waals surface area contributed by atoms with Crippen LogP contribution in [-0.4, -0.2) is 25.7 Å². The van der Waals surface area contributed by atoms with E-state index in [0.717, 1.165) is 54.7 Å². The molecule has 0 spiro atoms. The maximum absolute atomic E-state index is 12.9. The molecule has 0 aliphatic heterocycles. The van der Waals surface area contributed by atoms with Crippen molar-refractivity contribution < 1.29 is 4.79 Å². The summed E-state index contributed by atoms with van der Waals surface area (Å²) in [5, 5.41) is 11.0. The lowest BCUT2D eigenvalue weighted by atomic mass is 9.93. The average Bonchev–Trinajstić information content (AvgIpc) is 3.33. The molecule has 174 valence electrons. The van der Waals surface area contributed by atoms with Crippen LogP contribution >= 0.6 is 0 Å². The first-order valence-corrected chi connectivity index (χ1v) is 12.2. The number of unbranched alkanes of at least 4 members (excludes halogenated alkanes) is 4. The number of hydrogen-bond donors (Lipinski definition) is 2. The Morgan fingerprint density at radius 1 is 1.03 bits per heavy atom. The van der Waals surface area contributed by atoms with E-state index in [1.165, 1.54) is 19.3 Å². The highest BCUT2D eigenvalue weighted by Crippen LogP contribution is 2.25. The molecule has 3 rings (SSSR count). The Labute approximate surface area is 192 Å². The summed E-state index contributed by atoms with van der Waals surface area (Å²) >= 11 is 0. The van der Waals surface area contributed by atoms with Crippen molar-refractivity contribution in [3.63, 3.8) is 0 Å². The van der Waals surface area contributed by atoms with Crippen molar-refractivity contribution in [2.45, 2.75) is 91.4 Å². The molecule has 0 radical (unpaired) electrons. The van der Waals surface area contributed by atoms with Gasteiger partial charge in [-0.1, -0.05) is 73.1 Å². The van der Waals surface area contributed by atoms with Crippen molar-refractivity contribution >= 4 is 17.2 Å². The second-order valence-electron chi connectivity index (χ2n) is 9.88. The van der Waals surface area contributed by atoms with E-state index in [0.29, 0.717) is 5.82 Å². The Morgan fingerprint density at radius 3 is 2.34 bits per heavy atom. The van der Waals surface area contributed by atoms with Crippen LogP contribution in [0.25, 0.3) is 17.0 Å². The van der Waals surface area contributed by atoms with Crippen LogP contribution in [0.3, 0.4) is 0 Å². The molecule has 1 unspecified atom stereocenters. The molecule has 1 amide bonds. The largest absolute Gasteiger partial charge is 0.326 e. The minimum absolute atomic E-state index is 0.0212. The number of aromatic amines is 1. The summed E-state index contributed by atoms with van der Waals surface area (Å²) in [4.78, 5) is 17.5. The minimum atomic E-state index is 0.0212. The summed E-state index contributed by atoms with van der Waals surface area (Å²) < 4.78 is 1.72. The van der Waals surface area contributed by atoms with Gasteiger partial charge in [-0.3, -0.25) is 9.89 Å². The van der Waals surface area contributed by atoms with Crippen LogP contribution in [-0.2, 0) is 10.2 Å². The maximum atomic E-state index is 12.9. The smallest absolute Gasteiger partial charge is 0.227 e. The molecule has 3 aromatic rings. The first kappa shape index (κ1) is 24.0. The zero-order chi connectivity index (χ0) is 23.1. The lowest BCUT2D eigenvalue weighted by Crippen LogP contribution is -2.23. The second-order valence-corrected chi connectivity index (χ2v) is 9.88. The molecule has 32 heavy (non-hydrogen) atoms. The standard InChI is InChI=1S/C26H39N5O/c1-6-8-10-11-13-20(12-9-7-2)25(32)27-21-16-14-19(15-17-21)24-28-23-18-22(26(3,4)5)29-31(23)30-24/h14-18,20,29H,6-13H2,1-5H3,(H,27,32). The number of rotatable bonds is 11. The van der Waals surface area contributed by atoms with Gasteiger partial charge in [-0.25, -0.2) is 4.98 Å². The van der Waals surface area contributed by atoms with Crippen LogP contribution in [0.5, 0.6) is 0 Å². The van der Waals surface area contributed by atoms with Gasteiger partial charge in [-0.15, -0.1) is 5.10 Å². The molecule has 2 aromatic heterocycles. The highest BCUT2D eigenvalue weighted by Gasteiger charge is 2.19. The number of amides is 1. The van der Waals surface area contributed by atoms with Crippen molar-refractivity contribution in [1.29, 1.82) is 0 Å². The molecule has 0 bridgehead atoms. The van der Waals surface area contributed by atoms with E-state index in [-0.39, 0.29) is 17.2 Å². The van der Waals surface area contributed by atoms with E-state index in [4.69, 9.17) is 0 Å². The third-order valence-electron chi connectivity index (χ3n) is 6.03. The average molecular weight is 438 g/mol. The fourth-order valence-corrected chi connectivity index (χ4v) is 3.90. The van der Waals surface area contributed by atoms with Crippen molar-refractivity contribution in [2.75, 3.05) is 5.32 Å². The van der Waals surface area contributed by atoms with Gasteiger partial charge in [0.2, 0.25) is 5.91 Å². The van der Waals surface area contributed by atoms with Gasteiger partial charge in [0, 0.05) is 34.3 Å². The second kappa shape index (κ2) is 10.8. The molecular weight excluding hydrogens is 398 g/mol. The molecule has 6 heteroatoms. The lowest BCUT2D eigenvalue weighted by Gasteiger charge is -2.16. The molecule has 2 heterocycles. The SMILES string of the molecule is CCCCCCC(CCCC)C(=O)Nc1ccc(-c2nc3cc(C(C)(C)C)[nH]n3n2)cc1. The fraction of sp³-hybridized carbons (Fsp3) is 0.577. The van der Waals surface area contributed by atoms with Gasteiger partial charge in [0.05, 0.1) is 0 Å². The predicted molar refractivity (Wildman–Crippen MR) is 132 cm³/mol. The van der Waals surface area contributed by atoms with Crippen LogP contribution < -0.4 is 5.32 Å². The Bertz CT molecular complexity index is 962. The van der Waals surface area contributed by atoms with Crippen molar-refractivity contribution in [1.82, 2.24) is 19.8 Å². The number of carbonyl (C=O) groups excluding carboxylic acids is 1. The summed E-state index contributed by atoms with van der Waals surface area (Å²) in [6.45, 7) is 10.9. The monoisotopic (exact) mass is 437 g/mol. The molecule has 0 saturated heterocycles. The van der Waals surface area contributed by atoms with E-state index in [2.05, 4.69) is 55.1 Å². The Balaban J connectivity index is 1.64. The molecular formula is C26H39N5O. The van der Waals surface area contributed by atoms with Crippen molar-refractivity contribution in [2.24, 2.45) is 5.92 Å². The molecule has 2 N–H and O–H groups in total. The summed E-state index contributed by atoms with van der Waals surface area (Å²) in [6.07, 6.45) is 8.97. The number of aromatic nitrogens is 4. The minimum Gasteiger partial charge on any atom is -0.326 e. The van der Waals surface area contributed by atoms with Crippen LogP contribution in [0.4, 0.5) is 5.69 Å². The van der Waals surface area contributed by atoms with Gasteiger partial charge >= 0.3 is 0 Å². The summed E-state index contributed by atoms with van der Waals surface area (Å²) in [5.41, 5.74) is 3.69. The first-order chi connectivity index (χ1) is 15.3. The molecule has 0 fully saturated rings. The van der Waals surface area contributed by atoms with E-state index in [1.807, 2.05) is 30.3 Å². The van der Waals surface area contributed by atoms with Gasteiger partial charge in [-0.05, 0) is 37.1 Å². The first-order valence-electron chi connectivity index (χ1n) is 12.2. The summed E-state index contributed by atoms with van der Waals surface area (Å²) in [6, 6.07) is 9.87. The number of hydrogen-bond acceptors (Lipinski definition) is 3. The maximum Gasteiger partial charge on any atom is 0.227 e. The van der Waals surface area contributed by atoms with E-state index in [1.54, 1.807) is 4.63 Å². The zero-order valence-corrected chi connectivity index (χ0v) is 20.4. The van der Waals surface area contributed by atoms with Gasteiger partial charge in [-0.2, -0.15) is 4.63 Å². The van der Waals surface area contributed by atoms with E-state index in [9.17, 15) is 4.79 Å². The van der Waals surface area contributed by atoms with Crippen LogP contribution in [0, 0.1) is 5.92 Å². The number of nitrogens with zero attached hydrogens (tertiary/aromatic N) is 3. The topological polar surface area (TPSA) is 75.1 Å². The highest BCUT2D eigenvalue weighted by molar-refractivity contribution is 5.92. The van der Waals surface area contributed by atoms with Gasteiger partial charge in [0.1, 0.15) is 0 Å². The molecule has 0 aliphatic rings. The van der Waals surface area contributed by atoms with Crippen molar-refractivity contribution in [3.8, 4) is 11.4 Å². The Morgan fingerprint density at radius 2 is 1.72 bits per heavy atom. The number of fused-ring (bicyclic) bond motifs is 1. The Kier molecular flexibility index (Phi) is 8.10. The van der Waals surface area contributed by atoms with Gasteiger partial charge in [0.15, 0.2) is 11.5 Å². The Hall–Kier alpha value is -2.63. The number of H-pyrrole nitrogens is 1. The van der Waals surface area contributed by atoms with Crippen LogP contribution in [0.15, 0.2) is 30.3 Å². The lowest BCUT2D eigenvalue weighted by molar-refractivity contribution is -0.120. The van der Waals surface area contributed by atoms with Crippen molar-refractivity contribution in [3.05, 3.63) is 36.0 Å². The number of anilines is 1. The van der Waals surface area contributed by atoms with Gasteiger partial charge < -0.3 is 5.32 Å².